The largest absolute Gasteiger partial charge is 0.447 e. The molecule has 4 heteroatoms. The SMILES string of the molecule is CC(C)[C@H]1COC(=O)N1C(=O)[C@H](C)c1ccccc1. The third-order valence-corrected chi connectivity index (χ3v) is 3.58. The lowest BCUT2D eigenvalue weighted by Gasteiger charge is -2.25. The minimum Gasteiger partial charge on any atom is -0.447 e. The van der Waals surface area contributed by atoms with Gasteiger partial charge in [-0.2, -0.15) is 0 Å². The standard InChI is InChI=1S/C15H19NO3/c1-10(2)13-9-19-15(18)16(13)14(17)11(3)12-7-5-4-6-8-12/h4-8,10-11,13H,9H2,1-3H3/t11-,13-/m1/s1. The molecular formula is C15H19NO3. The highest BCUT2D eigenvalue weighted by Gasteiger charge is 2.41. The highest BCUT2D eigenvalue weighted by molar-refractivity contribution is 5.97. The molecule has 0 radical (unpaired) electrons. The van der Waals surface area contributed by atoms with Crippen LogP contribution in [0.5, 0.6) is 0 Å². The number of carbonyl (C=O) groups excluding carboxylic acids is 2. The van der Waals surface area contributed by atoms with Crippen molar-refractivity contribution in [3.8, 4) is 0 Å². The van der Waals surface area contributed by atoms with E-state index >= 15 is 0 Å². The molecule has 4 nitrogen and oxygen atoms in total. The van der Waals surface area contributed by atoms with E-state index < -0.39 is 6.09 Å². The molecule has 0 N–H and O–H groups in total. The first-order chi connectivity index (χ1) is 9.02. The van der Waals surface area contributed by atoms with Crippen molar-refractivity contribution in [1.82, 2.24) is 4.90 Å². The van der Waals surface area contributed by atoms with E-state index in [1.165, 1.54) is 4.90 Å². The predicted molar refractivity (Wildman–Crippen MR) is 71.7 cm³/mol. The van der Waals surface area contributed by atoms with E-state index in [2.05, 4.69) is 0 Å². The van der Waals surface area contributed by atoms with Gasteiger partial charge in [0, 0.05) is 0 Å². The molecule has 19 heavy (non-hydrogen) atoms. The number of imide groups is 1. The van der Waals surface area contributed by atoms with Crippen LogP contribution >= 0.6 is 0 Å². The third kappa shape index (κ3) is 2.62. The van der Waals surface area contributed by atoms with Crippen LogP contribution < -0.4 is 0 Å². The zero-order chi connectivity index (χ0) is 14.0. The molecule has 1 aromatic carbocycles. The van der Waals surface area contributed by atoms with Gasteiger partial charge in [-0.1, -0.05) is 44.2 Å². The van der Waals surface area contributed by atoms with Crippen molar-refractivity contribution < 1.29 is 14.3 Å². The Bertz CT molecular complexity index is 470. The first-order valence-electron chi connectivity index (χ1n) is 6.57. The molecular weight excluding hydrogens is 242 g/mol. The first-order valence-corrected chi connectivity index (χ1v) is 6.57. The summed E-state index contributed by atoms with van der Waals surface area (Å²) in [4.78, 5) is 25.5. The van der Waals surface area contributed by atoms with Gasteiger partial charge in [0.05, 0.1) is 12.0 Å². The maximum atomic E-state index is 12.5. The molecule has 0 spiro atoms. The monoisotopic (exact) mass is 261 g/mol. The van der Waals surface area contributed by atoms with Gasteiger partial charge < -0.3 is 4.74 Å². The number of cyclic esters (lactones) is 1. The fourth-order valence-corrected chi connectivity index (χ4v) is 2.27. The number of carbonyl (C=O) groups is 2. The van der Waals surface area contributed by atoms with Crippen molar-refractivity contribution >= 4 is 12.0 Å². The lowest BCUT2D eigenvalue weighted by molar-refractivity contribution is -0.131. The molecule has 1 fully saturated rings. The second-order valence-corrected chi connectivity index (χ2v) is 5.23. The van der Waals surface area contributed by atoms with E-state index in [1.54, 1.807) is 0 Å². The van der Waals surface area contributed by atoms with E-state index in [1.807, 2.05) is 51.1 Å². The fraction of sp³-hybridized carbons (Fsp3) is 0.467. The average molecular weight is 261 g/mol. The summed E-state index contributed by atoms with van der Waals surface area (Å²) in [5.41, 5.74) is 0.912. The second-order valence-electron chi connectivity index (χ2n) is 5.23. The Hall–Kier alpha value is -1.84. The van der Waals surface area contributed by atoms with E-state index in [9.17, 15) is 9.59 Å². The van der Waals surface area contributed by atoms with Gasteiger partial charge in [-0.3, -0.25) is 4.79 Å². The third-order valence-electron chi connectivity index (χ3n) is 3.58. The average Bonchev–Trinajstić information content (AvgIpc) is 2.80. The van der Waals surface area contributed by atoms with Gasteiger partial charge in [0.2, 0.25) is 5.91 Å². The molecule has 0 unspecified atom stereocenters. The minimum atomic E-state index is -0.522. The van der Waals surface area contributed by atoms with Gasteiger partial charge in [-0.05, 0) is 18.4 Å². The first kappa shape index (κ1) is 13.6. The molecule has 2 atom stereocenters. The maximum absolute atomic E-state index is 12.5. The van der Waals surface area contributed by atoms with Crippen molar-refractivity contribution in [1.29, 1.82) is 0 Å². The van der Waals surface area contributed by atoms with Crippen LogP contribution in [0.15, 0.2) is 30.3 Å². The van der Waals surface area contributed by atoms with Crippen molar-refractivity contribution in [2.24, 2.45) is 5.92 Å². The Morgan fingerprint density at radius 2 is 1.89 bits per heavy atom. The van der Waals surface area contributed by atoms with E-state index in [0.29, 0.717) is 6.61 Å². The molecule has 1 aromatic rings. The van der Waals surface area contributed by atoms with Crippen molar-refractivity contribution in [2.75, 3.05) is 6.61 Å². The Morgan fingerprint density at radius 3 is 2.47 bits per heavy atom. The molecule has 1 aliphatic heterocycles. The summed E-state index contributed by atoms with van der Waals surface area (Å²) in [5.74, 6) is -0.334. The van der Waals surface area contributed by atoms with Crippen LogP contribution in [0, 0.1) is 5.92 Å². The summed E-state index contributed by atoms with van der Waals surface area (Å²) >= 11 is 0. The van der Waals surface area contributed by atoms with E-state index in [4.69, 9.17) is 4.74 Å². The summed E-state index contributed by atoms with van der Waals surface area (Å²) in [6.07, 6.45) is -0.522. The molecule has 0 aliphatic carbocycles. The number of hydrogen-bond donors (Lipinski definition) is 0. The Labute approximate surface area is 113 Å². The molecule has 102 valence electrons. The molecule has 0 bridgehead atoms. The van der Waals surface area contributed by atoms with Crippen LogP contribution in [0.3, 0.4) is 0 Å². The quantitative estimate of drug-likeness (QED) is 0.840. The Kier molecular flexibility index (Phi) is 3.88. The molecule has 2 rings (SSSR count). The molecule has 1 heterocycles. The zero-order valence-electron chi connectivity index (χ0n) is 11.5. The van der Waals surface area contributed by atoms with Crippen LogP contribution in [0.25, 0.3) is 0 Å². The number of rotatable bonds is 3. The predicted octanol–water partition coefficient (Wildman–Crippen LogP) is 2.79. The Morgan fingerprint density at radius 1 is 1.26 bits per heavy atom. The van der Waals surface area contributed by atoms with E-state index in [-0.39, 0.29) is 23.8 Å². The number of ether oxygens (including phenoxy) is 1. The summed E-state index contributed by atoms with van der Waals surface area (Å²) in [6.45, 7) is 6.09. The fourth-order valence-electron chi connectivity index (χ4n) is 2.27. The lowest BCUT2D eigenvalue weighted by atomic mass is 9.97. The van der Waals surface area contributed by atoms with Gasteiger partial charge in [-0.25, -0.2) is 9.69 Å². The molecule has 2 amide bonds. The minimum absolute atomic E-state index is 0.161. The van der Waals surface area contributed by atoms with Gasteiger partial charge >= 0.3 is 6.09 Å². The van der Waals surface area contributed by atoms with E-state index in [0.717, 1.165) is 5.56 Å². The summed E-state index contributed by atoms with van der Waals surface area (Å²) < 4.78 is 5.01. The van der Waals surface area contributed by atoms with Gasteiger partial charge in [0.15, 0.2) is 0 Å². The van der Waals surface area contributed by atoms with Crippen LogP contribution in [0.2, 0.25) is 0 Å². The lowest BCUT2D eigenvalue weighted by Crippen LogP contribution is -2.43. The topological polar surface area (TPSA) is 46.6 Å². The number of benzene rings is 1. The molecule has 0 saturated carbocycles. The number of hydrogen-bond acceptors (Lipinski definition) is 3. The number of nitrogens with zero attached hydrogens (tertiary/aromatic N) is 1. The Balaban J connectivity index is 2.21. The molecule has 1 saturated heterocycles. The highest BCUT2D eigenvalue weighted by Crippen LogP contribution is 2.25. The van der Waals surface area contributed by atoms with Crippen molar-refractivity contribution in [2.45, 2.75) is 32.7 Å². The van der Waals surface area contributed by atoms with Crippen molar-refractivity contribution in [3.63, 3.8) is 0 Å². The van der Waals surface area contributed by atoms with Gasteiger partial charge in [0.25, 0.3) is 0 Å². The molecule has 0 aromatic heterocycles. The van der Waals surface area contributed by atoms with Crippen LogP contribution in [-0.4, -0.2) is 29.5 Å². The normalized spacial score (nSPS) is 20.5. The van der Waals surface area contributed by atoms with Gasteiger partial charge in [0.1, 0.15) is 6.61 Å². The van der Waals surface area contributed by atoms with Crippen LogP contribution in [-0.2, 0) is 9.53 Å². The van der Waals surface area contributed by atoms with Crippen LogP contribution in [0.1, 0.15) is 32.3 Å². The van der Waals surface area contributed by atoms with Gasteiger partial charge in [-0.15, -0.1) is 0 Å². The smallest absolute Gasteiger partial charge is 0.417 e. The second kappa shape index (κ2) is 5.43. The van der Waals surface area contributed by atoms with Crippen molar-refractivity contribution in [3.05, 3.63) is 35.9 Å². The molecule has 1 aliphatic rings. The maximum Gasteiger partial charge on any atom is 0.417 e. The summed E-state index contributed by atoms with van der Waals surface area (Å²) in [7, 11) is 0. The summed E-state index contributed by atoms with van der Waals surface area (Å²) in [5, 5.41) is 0. The summed E-state index contributed by atoms with van der Waals surface area (Å²) in [6, 6.07) is 9.32. The zero-order valence-corrected chi connectivity index (χ0v) is 11.5. The number of amides is 2. The highest BCUT2D eigenvalue weighted by atomic mass is 16.6. The van der Waals surface area contributed by atoms with Crippen LogP contribution in [0.4, 0.5) is 4.79 Å².